The van der Waals surface area contributed by atoms with Gasteiger partial charge in [0.05, 0.1) is 25.9 Å². The zero-order valence-electron chi connectivity index (χ0n) is 17.1. The van der Waals surface area contributed by atoms with Crippen molar-refractivity contribution in [2.45, 2.75) is 10.6 Å². The van der Waals surface area contributed by atoms with Gasteiger partial charge in [-0.25, -0.2) is 22.9 Å². The van der Waals surface area contributed by atoms with Crippen molar-refractivity contribution in [3.63, 3.8) is 0 Å². The van der Waals surface area contributed by atoms with Crippen LogP contribution in [0.2, 0.25) is 9.36 Å². The lowest BCUT2D eigenvalue weighted by atomic mass is 10.1. The molecule has 0 radical (unpaired) electrons. The Morgan fingerprint density at radius 1 is 1.15 bits per heavy atom. The highest BCUT2D eigenvalue weighted by molar-refractivity contribution is 7.92. The summed E-state index contributed by atoms with van der Waals surface area (Å²) in [5.41, 5.74) is 2.94. The fourth-order valence-electron chi connectivity index (χ4n) is 3.64. The first-order valence-corrected chi connectivity index (χ1v) is 12.9. The molecule has 2 aromatic carbocycles. The maximum absolute atomic E-state index is 13.1. The second kappa shape index (κ2) is 8.58. The number of halogens is 2. The molecule has 1 aliphatic heterocycles. The predicted molar refractivity (Wildman–Crippen MR) is 133 cm³/mol. The molecule has 3 N–H and O–H groups in total. The molecule has 0 aliphatic carbocycles. The van der Waals surface area contributed by atoms with E-state index in [-0.39, 0.29) is 24.8 Å². The first-order chi connectivity index (χ1) is 16.2. The maximum Gasteiger partial charge on any atom is 0.333 e. The van der Waals surface area contributed by atoms with Gasteiger partial charge in [-0.1, -0.05) is 23.2 Å². The average molecular weight is 536 g/mol. The highest BCUT2D eigenvalue weighted by Crippen LogP contribution is 2.28. The topological polar surface area (TPSA) is 122 Å². The molecule has 0 spiro atoms. The Bertz CT molecular complexity index is 1630. The lowest BCUT2D eigenvalue weighted by Gasteiger charge is -2.12. The SMILES string of the molecule is O=C(Nc1ccc(-n2cnc3cc4c(cc3c2=O)CCN4)c(Cl)c1)NS(=O)(=O)c1ccc(Cl)s1. The molecule has 13 heteroatoms. The van der Waals surface area contributed by atoms with Crippen LogP contribution in [0.25, 0.3) is 16.6 Å². The highest BCUT2D eigenvalue weighted by atomic mass is 35.5. The third kappa shape index (κ3) is 4.23. The number of nitrogens with zero attached hydrogens (tertiary/aromatic N) is 2. The van der Waals surface area contributed by atoms with Gasteiger partial charge in [0, 0.05) is 17.9 Å². The van der Waals surface area contributed by atoms with Crippen LogP contribution in [-0.2, 0) is 16.4 Å². The molecule has 0 unspecified atom stereocenters. The van der Waals surface area contributed by atoms with E-state index in [0.717, 1.165) is 35.6 Å². The van der Waals surface area contributed by atoms with E-state index in [4.69, 9.17) is 23.2 Å². The monoisotopic (exact) mass is 535 g/mol. The van der Waals surface area contributed by atoms with Gasteiger partial charge in [-0.15, -0.1) is 11.3 Å². The molecule has 0 saturated carbocycles. The van der Waals surface area contributed by atoms with Gasteiger partial charge in [-0.2, -0.15) is 0 Å². The van der Waals surface area contributed by atoms with Crippen LogP contribution < -0.4 is 20.9 Å². The van der Waals surface area contributed by atoms with E-state index in [1.807, 2.05) is 16.9 Å². The minimum absolute atomic E-state index is 0.0920. The average Bonchev–Trinajstić information content (AvgIpc) is 3.42. The number of fused-ring (bicyclic) bond motifs is 2. The van der Waals surface area contributed by atoms with Crippen LogP contribution in [0.4, 0.5) is 16.2 Å². The summed E-state index contributed by atoms with van der Waals surface area (Å²) in [6.45, 7) is 0.816. The number of sulfonamides is 1. The number of hydrogen-bond donors (Lipinski definition) is 3. The number of amides is 2. The number of aromatic nitrogens is 2. The van der Waals surface area contributed by atoms with Crippen LogP contribution in [0.3, 0.4) is 0 Å². The van der Waals surface area contributed by atoms with Crippen LogP contribution in [0.5, 0.6) is 0 Å². The fraction of sp³-hybridized carbons (Fsp3) is 0.0952. The second-order valence-electron chi connectivity index (χ2n) is 7.41. The Labute approximate surface area is 207 Å². The van der Waals surface area contributed by atoms with E-state index in [9.17, 15) is 18.0 Å². The number of nitrogens with one attached hydrogen (secondary N) is 3. The summed E-state index contributed by atoms with van der Waals surface area (Å²) in [7, 11) is -4.07. The van der Waals surface area contributed by atoms with Gasteiger partial charge >= 0.3 is 6.03 Å². The van der Waals surface area contributed by atoms with Crippen molar-refractivity contribution in [2.24, 2.45) is 0 Å². The fourth-order valence-corrected chi connectivity index (χ4v) is 6.30. The predicted octanol–water partition coefficient (Wildman–Crippen LogP) is 4.23. The highest BCUT2D eigenvalue weighted by Gasteiger charge is 2.20. The first kappa shape index (κ1) is 22.7. The minimum atomic E-state index is -4.07. The summed E-state index contributed by atoms with van der Waals surface area (Å²) in [6, 6.07) is 9.89. The number of carbonyl (C=O) groups is 1. The Balaban J connectivity index is 1.39. The van der Waals surface area contributed by atoms with Gasteiger partial charge < -0.3 is 10.6 Å². The van der Waals surface area contributed by atoms with Gasteiger partial charge in [-0.3, -0.25) is 9.36 Å². The van der Waals surface area contributed by atoms with E-state index < -0.39 is 16.1 Å². The molecule has 9 nitrogen and oxygen atoms in total. The summed E-state index contributed by atoms with van der Waals surface area (Å²) in [5.74, 6) is 0. The quantitative estimate of drug-likeness (QED) is 0.359. The zero-order chi connectivity index (χ0) is 24.0. The molecule has 34 heavy (non-hydrogen) atoms. The second-order valence-corrected chi connectivity index (χ2v) is 11.4. The number of anilines is 2. The standard InChI is InChI=1S/C21H15Cl2N5O4S2/c22-14-8-12(26-21(30)27-34(31,32)19-4-3-18(23)33-19)1-2-17(14)28-10-25-16-9-15-11(5-6-24-15)7-13(16)20(28)29/h1-4,7-10,24H,5-6H2,(H2,26,27,30). The van der Waals surface area contributed by atoms with Crippen molar-refractivity contribution in [3.8, 4) is 5.69 Å². The number of benzene rings is 2. The van der Waals surface area contributed by atoms with Crippen molar-refractivity contribution in [3.05, 3.63) is 74.1 Å². The number of thiophene rings is 1. The van der Waals surface area contributed by atoms with Crippen molar-refractivity contribution in [1.82, 2.24) is 14.3 Å². The summed E-state index contributed by atoms with van der Waals surface area (Å²) in [5, 5.41) is 6.31. The number of hydrogen-bond acceptors (Lipinski definition) is 7. The van der Waals surface area contributed by atoms with Gasteiger partial charge in [-0.05, 0) is 54.4 Å². The van der Waals surface area contributed by atoms with Crippen LogP contribution in [0.15, 0.2) is 57.8 Å². The van der Waals surface area contributed by atoms with E-state index in [1.165, 1.54) is 41.2 Å². The normalized spacial score (nSPS) is 12.9. The number of rotatable bonds is 4. The molecule has 174 valence electrons. The smallest absolute Gasteiger partial charge is 0.333 e. The van der Waals surface area contributed by atoms with Crippen molar-refractivity contribution in [1.29, 1.82) is 0 Å². The van der Waals surface area contributed by atoms with Gasteiger partial charge in [0.15, 0.2) is 0 Å². The third-order valence-electron chi connectivity index (χ3n) is 5.20. The van der Waals surface area contributed by atoms with Gasteiger partial charge in [0.25, 0.3) is 15.6 Å². The molecule has 3 heterocycles. The molecule has 0 atom stereocenters. The van der Waals surface area contributed by atoms with Crippen LogP contribution in [0.1, 0.15) is 5.56 Å². The molecule has 0 bridgehead atoms. The molecule has 2 amide bonds. The minimum Gasteiger partial charge on any atom is -0.384 e. The Kier molecular flexibility index (Phi) is 5.72. The maximum atomic E-state index is 13.1. The van der Waals surface area contributed by atoms with E-state index >= 15 is 0 Å². The molecule has 2 aromatic heterocycles. The largest absolute Gasteiger partial charge is 0.384 e. The van der Waals surface area contributed by atoms with Crippen molar-refractivity contribution < 1.29 is 13.2 Å². The van der Waals surface area contributed by atoms with Crippen molar-refractivity contribution >= 4 is 72.9 Å². The molecular formula is C21H15Cl2N5O4S2. The van der Waals surface area contributed by atoms with Gasteiger partial charge in [0.1, 0.15) is 10.5 Å². The molecule has 0 saturated heterocycles. The van der Waals surface area contributed by atoms with E-state index in [1.54, 1.807) is 0 Å². The molecule has 0 fully saturated rings. The Morgan fingerprint density at radius 3 is 2.71 bits per heavy atom. The van der Waals surface area contributed by atoms with Crippen LogP contribution >= 0.6 is 34.5 Å². The summed E-state index contributed by atoms with van der Waals surface area (Å²) < 4.78 is 28.0. The lowest BCUT2D eigenvalue weighted by molar-refractivity contribution is 0.256. The van der Waals surface area contributed by atoms with Gasteiger partial charge in [0.2, 0.25) is 0 Å². The molecule has 1 aliphatic rings. The van der Waals surface area contributed by atoms with E-state index in [0.29, 0.717) is 16.6 Å². The molecule has 5 rings (SSSR count). The van der Waals surface area contributed by atoms with Crippen LogP contribution in [0, 0.1) is 0 Å². The number of carbonyl (C=O) groups excluding carboxylic acids is 1. The first-order valence-electron chi connectivity index (χ1n) is 9.88. The molecular weight excluding hydrogens is 521 g/mol. The summed E-state index contributed by atoms with van der Waals surface area (Å²) in [6.07, 6.45) is 2.23. The Morgan fingerprint density at radius 2 is 1.97 bits per heavy atom. The number of urea groups is 1. The zero-order valence-corrected chi connectivity index (χ0v) is 20.3. The summed E-state index contributed by atoms with van der Waals surface area (Å²) >= 11 is 13.0. The van der Waals surface area contributed by atoms with Crippen molar-refractivity contribution in [2.75, 3.05) is 17.2 Å². The lowest BCUT2D eigenvalue weighted by Crippen LogP contribution is -2.33. The third-order valence-corrected chi connectivity index (χ3v) is 8.56. The Hall–Kier alpha value is -3.12. The van der Waals surface area contributed by atoms with Crippen LogP contribution in [-0.4, -0.2) is 30.5 Å². The van der Waals surface area contributed by atoms with E-state index in [2.05, 4.69) is 15.6 Å². The molecule has 4 aromatic rings. The summed E-state index contributed by atoms with van der Waals surface area (Å²) in [4.78, 5) is 29.7.